The lowest BCUT2D eigenvalue weighted by Gasteiger charge is -2.21. The topological polar surface area (TPSA) is 68.2 Å². The molecule has 2 N–H and O–H groups in total. The van der Waals surface area contributed by atoms with E-state index in [2.05, 4.69) is 0 Å². The molecule has 1 aliphatic rings. The summed E-state index contributed by atoms with van der Waals surface area (Å²) < 4.78 is 17.0. The van der Waals surface area contributed by atoms with Crippen LogP contribution < -0.4 is 0 Å². The third-order valence-corrected chi connectivity index (χ3v) is 3.37. The van der Waals surface area contributed by atoms with Crippen LogP contribution in [0.4, 0.5) is 0 Å². The highest BCUT2D eigenvalue weighted by molar-refractivity contribution is 5.13. The second kappa shape index (κ2) is 7.85. The van der Waals surface area contributed by atoms with Gasteiger partial charge in [0.1, 0.15) is 18.3 Å². The Hall–Kier alpha value is -1.24. The van der Waals surface area contributed by atoms with Gasteiger partial charge >= 0.3 is 0 Å². The molecule has 1 fully saturated rings. The van der Waals surface area contributed by atoms with Gasteiger partial charge in [0.15, 0.2) is 5.79 Å². The van der Waals surface area contributed by atoms with Crippen LogP contribution in [0.5, 0.6) is 0 Å². The molecule has 1 aromatic rings. The Balaban J connectivity index is 1.86. The summed E-state index contributed by atoms with van der Waals surface area (Å²) in [6, 6.07) is 9.78. The second-order valence-corrected chi connectivity index (χ2v) is 5.74. The summed E-state index contributed by atoms with van der Waals surface area (Å²) in [7, 11) is 0. The van der Waals surface area contributed by atoms with Crippen molar-refractivity contribution in [2.75, 3.05) is 13.2 Å². The number of benzene rings is 1. The van der Waals surface area contributed by atoms with Crippen LogP contribution in [0.3, 0.4) is 0 Å². The van der Waals surface area contributed by atoms with Gasteiger partial charge in [-0.15, -0.1) is 0 Å². The minimum atomic E-state index is -0.807. The maximum Gasteiger partial charge on any atom is 0.164 e. The number of hydrogen-bond acceptors (Lipinski definition) is 5. The van der Waals surface area contributed by atoms with E-state index in [1.165, 1.54) is 0 Å². The van der Waals surface area contributed by atoms with E-state index in [0.29, 0.717) is 6.61 Å². The van der Waals surface area contributed by atoms with Gasteiger partial charge in [0.2, 0.25) is 0 Å². The fourth-order valence-electron chi connectivity index (χ4n) is 2.43. The molecular weight excluding hydrogens is 284 g/mol. The summed E-state index contributed by atoms with van der Waals surface area (Å²) in [5.41, 5.74) is 1.05. The Labute approximate surface area is 131 Å². The third kappa shape index (κ3) is 4.90. The molecule has 0 saturated carbocycles. The standard InChI is InChI=1S/C17H24O5/c1-17(2)21-15(9-6-10-18)16(22-17)14(19)12-20-11-13-7-4-3-5-8-13/h3-9,14-16,18-19H,10-12H2,1-2H3/b9-6-/t14-,15-,16+/m0/s1. The molecule has 122 valence electrons. The fraction of sp³-hybridized carbons (Fsp3) is 0.529. The number of rotatable bonds is 7. The molecule has 3 atom stereocenters. The lowest BCUT2D eigenvalue weighted by atomic mass is 10.1. The van der Waals surface area contributed by atoms with E-state index in [9.17, 15) is 5.11 Å². The van der Waals surface area contributed by atoms with Crippen molar-refractivity contribution in [3.05, 3.63) is 48.0 Å². The van der Waals surface area contributed by atoms with Crippen molar-refractivity contribution in [1.29, 1.82) is 0 Å². The molecule has 0 radical (unpaired) electrons. The Morgan fingerprint density at radius 2 is 2.00 bits per heavy atom. The zero-order valence-corrected chi connectivity index (χ0v) is 13.0. The number of aliphatic hydroxyl groups is 2. The van der Waals surface area contributed by atoms with Gasteiger partial charge in [-0.3, -0.25) is 0 Å². The molecule has 2 rings (SSSR count). The van der Waals surface area contributed by atoms with Gasteiger partial charge in [-0.25, -0.2) is 0 Å². The molecule has 5 nitrogen and oxygen atoms in total. The van der Waals surface area contributed by atoms with E-state index >= 15 is 0 Å². The smallest absolute Gasteiger partial charge is 0.164 e. The molecule has 1 aromatic carbocycles. The molecule has 0 bridgehead atoms. The van der Waals surface area contributed by atoms with Crippen molar-refractivity contribution in [3.8, 4) is 0 Å². The lowest BCUT2D eigenvalue weighted by molar-refractivity contribution is -0.157. The van der Waals surface area contributed by atoms with Crippen LogP contribution in [0.2, 0.25) is 0 Å². The first-order chi connectivity index (χ1) is 10.5. The van der Waals surface area contributed by atoms with E-state index in [1.54, 1.807) is 26.0 Å². The Morgan fingerprint density at radius 3 is 2.68 bits per heavy atom. The maximum atomic E-state index is 10.3. The van der Waals surface area contributed by atoms with Crippen molar-refractivity contribution < 1.29 is 24.4 Å². The molecule has 5 heteroatoms. The van der Waals surface area contributed by atoms with E-state index in [1.807, 2.05) is 30.3 Å². The van der Waals surface area contributed by atoms with E-state index < -0.39 is 24.1 Å². The average molecular weight is 308 g/mol. The van der Waals surface area contributed by atoms with Crippen molar-refractivity contribution in [2.24, 2.45) is 0 Å². The quantitative estimate of drug-likeness (QED) is 0.749. The Kier molecular flexibility index (Phi) is 6.11. The SMILES string of the molecule is CC1(C)O[C@H]([C@@H](O)COCc2ccccc2)[C@H](/C=C\CO)O1. The molecular formula is C17H24O5. The normalized spacial score (nSPS) is 25.6. The monoisotopic (exact) mass is 308 g/mol. The van der Waals surface area contributed by atoms with Crippen LogP contribution >= 0.6 is 0 Å². The molecule has 1 aliphatic heterocycles. The molecule has 1 saturated heterocycles. The van der Waals surface area contributed by atoms with Crippen molar-refractivity contribution in [2.45, 2.75) is 44.6 Å². The van der Waals surface area contributed by atoms with E-state index in [0.717, 1.165) is 5.56 Å². The summed E-state index contributed by atoms with van der Waals surface area (Å²) in [5.74, 6) is -0.768. The summed E-state index contributed by atoms with van der Waals surface area (Å²) in [4.78, 5) is 0. The van der Waals surface area contributed by atoms with Gasteiger partial charge in [-0.2, -0.15) is 0 Å². The zero-order valence-electron chi connectivity index (χ0n) is 13.0. The lowest BCUT2D eigenvalue weighted by Crippen LogP contribution is -2.37. The molecule has 1 heterocycles. The maximum absolute atomic E-state index is 10.3. The highest BCUT2D eigenvalue weighted by Gasteiger charge is 2.43. The minimum Gasteiger partial charge on any atom is -0.392 e. The molecule has 0 spiro atoms. The predicted octanol–water partition coefficient (Wildman–Crippen LogP) is 1.63. The van der Waals surface area contributed by atoms with Gasteiger partial charge in [0.05, 0.1) is 19.8 Å². The Morgan fingerprint density at radius 1 is 1.27 bits per heavy atom. The largest absolute Gasteiger partial charge is 0.392 e. The first-order valence-corrected chi connectivity index (χ1v) is 7.45. The van der Waals surface area contributed by atoms with Gasteiger partial charge in [0.25, 0.3) is 0 Å². The van der Waals surface area contributed by atoms with Crippen molar-refractivity contribution in [3.63, 3.8) is 0 Å². The van der Waals surface area contributed by atoms with Crippen LogP contribution in [0.1, 0.15) is 19.4 Å². The van der Waals surface area contributed by atoms with Gasteiger partial charge in [0, 0.05) is 0 Å². The highest BCUT2D eigenvalue weighted by atomic mass is 16.8. The molecule has 0 aromatic heterocycles. The highest BCUT2D eigenvalue weighted by Crippen LogP contribution is 2.30. The van der Waals surface area contributed by atoms with Crippen LogP contribution in [0, 0.1) is 0 Å². The number of aliphatic hydroxyl groups excluding tert-OH is 2. The number of hydrogen-bond donors (Lipinski definition) is 2. The second-order valence-electron chi connectivity index (χ2n) is 5.74. The molecule has 0 aliphatic carbocycles. The summed E-state index contributed by atoms with van der Waals surface area (Å²) in [5, 5.41) is 19.2. The van der Waals surface area contributed by atoms with Crippen LogP contribution in [0.25, 0.3) is 0 Å². The fourth-order valence-corrected chi connectivity index (χ4v) is 2.43. The molecule has 0 unspecified atom stereocenters. The summed E-state index contributed by atoms with van der Waals surface area (Å²) in [6.45, 7) is 4.11. The predicted molar refractivity (Wildman–Crippen MR) is 82.2 cm³/mol. The summed E-state index contributed by atoms with van der Waals surface area (Å²) >= 11 is 0. The van der Waals surface area contributed by atoms with Crippen LogP contribution in [0.15, 0.2) is 42.5 Å². The van der Waals surface area contributed by atoms with E-state index in [-0.39, 0.29) is 13.2 Å². The van der Waals surface area contributed by atoms with E-state index in [4.69, 9.17) is 19.3 Å². The van der Waals surface area contributed by atoms with Crippen molar-refractivity contribution in [1.82, 2.24) is 0 Å². The first-order valence-electron chi connectivity index (χ1n) is 7.45. The van der Waals surface area contributed by atoms with Crippen LogP contribution in [-0.4, -0.2) is 47.5 Å². The first kappa shape index (κ1) is 17.1. The molecule has 0 amide bonds. The number of ether oxygens (including phenoxy) is 3. The van der Waals surface area contributed by atoms with Gasteiger partial charge in [-0.1, -0.05) is 42.5 Å². The van der Waals surface area contributed by atoms with Crippen LogP contribution in [-0.2, 0) is 20.8 Å². The minimum absolute atomic E-state index is 0.0758. The molecule has 22 heavy (non-hydrogen) atoms. The third-order valence-electron chi connectivity index (χ3n) is 3.37. The van der Waals surface area contributed by atoms with Crippen molar-refractivity contribution >= 4 is 0 Å². The van der Waals surface area contributed by atoms with Gasteiger partial charge in [-0.05, 0) is 19.4 Å². The Bertz CT molecular complexity index is 471. The van der Waals surface area contributed by atoms with Gasteiger partial charge < -0.3 is 24.4 Å². The zero-order chi connectivity index (χ0) is 16.0. The summed E-state index contributed by atoms with van der Waals surface area (Å²) in [6.07, 6.45) is 1.56. The average Bonchev–Trinajstić information content (AvgIpc) is 2.81.